The Labute approximate surface area is 198 Å². The average Bonchev–Trinajstić information content (AvgIpc) is 3.54. The molecule has 0 spiro atoms. The number of amides is 1. The summed E-state index contributed by atoms with van der Waals surface area (Å²) in [5, 5.41) is 10.7. The van der Waals surface area contributed by atoms with E-state index in [2.05, 4.69) is 20.5 Å². The first-order valence-corrected chi connectivity index (χ1v) is 13.4. The van der Waals surface area contributed by atoms with Gasteiger partial charge < -0.3 is 5.32 Å². The summed E-state index contributed by atoms with van der Waals surface area (Å²) >= 11 is 1.48. The lowest BCUT2D eigenvalue weighted by atomic mass is 10.1. The number of rotatable bonds is 10. The molecular formula is C23H27N5O3S2. The second kappa shape index (κ2) is 11.0. The fraction of sp³-hybridized carbons (Fsp3) is 0.348. The van der Waals surface area contributed by atoms with Crippen LogP contribution in [-0.4, -0.2) is 59.2 Å². The highest BCUT2D eigenvalue weighted by Crippen LogP contribution is 2.21. The number of H-pyrrole nitrogens is 1. The molecule has 1 aliphatic heterocycles. The number of aromatic nitrogens is 3. The van der Waals surface area contributed by atoms with Gasteiger partial charge in [-0.1, -0.05) is 54.2 Å². The van der Waals surface area contributed by atoms with E-state index in [0.717, 1.165) is 29.8 Å². The van der Waals surface area contributed by atoms with Crippen molar-refractivity contribution in [2.75, 3.05) is 25.4 Å². The number of hydrogen-bond acceptors (Lipinski definition) is 6. The summed E-state index contributed by atoms with van der Waals surface area (Å²) in [4.78, 5) is 16.9. The smallest absolute Gasteiger partial charge is 0.243 e. The number of hydrogen-bond donors (Lipinski definition) is 2. The second-order valence-corrected chi connectivity index (χ2v) is 10.8. The van der Waals surface area contributed by atoms with E-state index in [9.17, 15) is 13.2 Å². The predicted octanol–water partition coefficient (Wildman–Crippen LogP) is 3.10. The summed E-state index contributed by atoms with van der Waals surface area (Å²) in [6, 6.07) is 16.6. The highest BCUT2D eigenvalue weighted by molar-refractivity contribution is 7.99. The van der Waals surface area contributed by atoms with Gasteiger partial charge in [-0.25, -0.2) is 13.4 Å². The molecule has 0 radical (unpaired) electrons. The van der Waals surface area contributed by atoms with Crippen LogP contribution in [0, 0.1) is 0 Å². The summed E-state index contributed by atoms with van der Waals surface area (Å²) in [5.74, 6) is 1.35. The van der Waals surface area contributed by atoms with Gasteiger partial charge in [0, 0.05) is 37.4 Å². The van der Waals surface area contributed by atoms with Crippen LogP contribution in [0.15, 0.2) is 64.6 Å². The quantitative estimate of drug-likeness (QED) is 0.337. The maximum Gasteiger partial charge on any atom is 0.243 e. The summed E-state index contributed by atoms with van der Waals surface area (Å²) in [6.07, 6.45) is 2.74. The van der Waals surface area contributed by atoms with E-state index in [1.807, 2.05) is 30.3 Å². The lowest BCUT2D eigenvalue weighted by Gasteiger charge is -2.15. The number of nitrogens with one attached hydrogen (secondary N) is 2. The molecule has 0 unspecified atom stereocenters. The lowest BCUT2D eigenvalue weighted by molar-refractivity contribution is -0.120. The zero-order valence-electron chi connectivity index (χ0n) is 18.2. The molecule has 1 aliphatic rings. The van der Waals surface area contributed by atoms with Crippen LogP contribution in [0.2, 0.25) is 0 Å². The van der Waals surface area contributed by atoms with Crippen molar-refractivity contribution in [2.24, 2.45) is 0 Å². The molecule has 2 aromatic carbocycles. The van der Waals surface area contributed by atoms with Crippen LogP contribution in [0.3, 0.4) is 0 Å². The van der Waals surface area contributed by atoms with Crippen LogP contribution in [0.4, 0.5) is 0 Å². The first-order chi connectivity index (χ1) is 16.0. The molecule has 174 valence electrons. The Bertz CT molecular complexity index is 1160. The highest BCUT2D eigenvalue weighted by atomic mass is 32.2. The standard InChI is InChI=1S/C23H27N5O3S2/c29-21(24-14-17-32-23-25-22(26-27-23)19-6-2-1-3-7-19)13-10-18-8-11-20(12-9-18)33(30,31)28-15-4-5-16-28/h1-3,6-9,11-12H,4-5,10,13-17H2,(H,24,29)(H,25,26,27). The molecule has 1 saturated heterocycles. The van der Waals surface area contributed by atoms with Crippen LogP contribution >= 0.6 is 11.8 Å². The second-order valence-electron chi connectivity index (χ2n) is 7.79. The van der Waals surface area contributed by atoms with E-state index in [1.165, 1.54) is 16.1 Å². The van der Waals surface area contributed by atoms with E-state index in [4.69, 9.17) is 0 Å². The third-order valence-corrected chi connectivity index (χ3v) is 8.20. The Kier molecular flexibility index (Phi) is 7.79. The van der Waals surface area contributed by atoms with Gasteiger partial charge in [-0.3, -0.25) is 9.89 Å². The minimum absolute atomic E-state index is 0.0377. The monoisotopic (exact) mass is 485 g/mol. The van der Waals surface area contributed by atoms with Crippen LogP contribution in [0.25, 0.3) is 11.4 Å². The largest absolute Gasteiger partial charge is 0.355 e. The van der Waals surface area contributed by atoms with E-state index in [-0.39, 0.29) is 5.91 Å². The zero-order valence-corrected chi connectivity index (χ0v) is 19.9. The molecule has 4 rings (SSSR count). The Balaban J connectivity index is 1.17. The minimum atomic E-state index is -3.40. The fourth-order valence-electron chi connectivity index (χ4n) is 3.62. The number of aryl methyl sites for hydroxylation is 1. The van der Waals surface area contributed by atoms with Crippen molar-refractivity contribution in [3.8, 4) is 11.4 Å². The molecule has 1 fully saturated rings. The summed E-state index contributed by atoms with van der Waals surface area (Å²) < 4.78 is 26.7. The van der Waals surface area contributed by atoms with Gasteiger partial charge in [0.1, 0.15) is 0 Å². The maximum absolute atomic E-state index is 12.6. The van der Waals surface area contributed by atoms with Gasteiger partial charge in [0.2, 0.25) is 21.1 Å². The van der Waals surface area contributed by atoms with E-state index >= 15 is 0 Å². The van der Waals surface area contributed by atoms with E-state index < -0.39 is 10.0 Å². The Morgan fingerprint density at radius 2 is 1.79 bits per heavy atom. The molecule has 0 atom stereocenters. The first kappa shape index (κ1) is 23.5. The molecule has 3 aromatic rings. The summed E-state index contributed by atoms with van der Waals surface area (Å²) in [5.41, 5.74) is 1.92. The average molecular weight is 486 g/mol. The van der Waals surface area contributed by atoms with Crippen LogP contribution < -0.4 is 5.32 Å². The normalized spacial score (nSPS) is 14.4. The van der Waals surface area contributed by atoms with Crippen LogP contribution in [0.1, 0.15) is 24.8 Å². The fourth-order valence-corrected chi connectivity index (χ4v) is 5.79. The number of aromatic amines is 1. The highest BCUT2D eigenvalue weighted by Gasteiger charge is 2.26. The molecule has 10 heteroatoms. The van der Waals surface area contributed by atoms with Gasteiger partial charge in [0.25, 0.3) is 0 Å². The first-order valence-electron chi connectivity index (χ1n) is 11.0. The van der Waals surface area contributed by atoms with Crippen molar-refractivity contribution < 1.29 is 13.2 Å². The van der Waals surface area contributed by atoms with Crippen LogP contribution in [0.5, 0.6) is 0 Å². The zero-order chi connectivity index (χ0) is 23.1. The SMILES string of the molecule is O=C(CCc1ccc(S(=O)(=O)N2CCCC2)cc1)NCCSc1n[nH]c(-c2ccccc2)n1. The van der Waals surface area contributed by atoms with Crippen molar-refractivity contribution in [3.63, 3.8) is 0 Å². The third-order valence-electron chi connectivity index (χ3n) is 5.43. The van der Waals surface area contributed by atoms with E-state index in [0.29, 0.717) is 48.3 Å². The Morgan fingerprint density at radius 1 is 1.06 bits per heavy atom. The number of benzene rings is 2. The van der Waals surface area contributed by atoms with E-state index in [1.54, 1.807) is 24.3 Å². The van der Waals surface area contributed by atoms with Gasteiger partial charge in [0.05, 0.1) is 4.90 Å². The van der Waals surface area contributed by atoms with Gasteiger partial charge in [-0.2, -0.15) is 4.31 Å². The van der Waals surface area contributed by atoms with Crippen molar-refractivity contribution >= 4 is 27.7 Å². The molecule has 2 N–H and O–H groups in total. The number of thioether (sulfide) groups is 1. The van der Waals surface area contributed by atoms with Gasteiger partial charge >= 0.3 is 0 Å². The Morgan fingerprint density at radius 3 is 2.52 bits per heavy atom. The van der Waals surface area contributed by atoms with Crippen LogP contribution in [-0.2, 0) is 21.2 Å². The minimum Gasteiger partial charge on any atom is -0.355 e. The number of sulfonamides is 1. The Hall–Kier alpha value is -2.69. The third kappa shape index (κ3) is 6.21. The molecule has 0 aliphatic carbocycles. The molecule has 33 heavy (non-hydrogen) atoms. The number of carbonyl (C=O) groups excluding carboxylic acids is 1. The van der Waals surface area contributed by atoms with Gasteiger partial charge in [-0.05, 0) is 37.0 Å². The lowest BCUT2D eigenvalue weighted by Crippen LogP contribution is -2.27. The molecular weight excluding hydrogens is 458 g/mol. The van der Waals surface area contributed by atoms with Gasteiger partial charge in [-0.15, -0.1) is 5.10 Å². The van der Waals surface area contributed by atoms with Crippen molar-refractivity contribution in [1.82, 2.24) is 24.8 Å². The molecule has 2 heterocycles. The number of carbonyl (C=O) groups is 1. The van der Waals surface area contributed by atoms with Crippen molar-refractivity contribution in [1.29, 1.82) is 0 Å². The molecule has 1 amide bonds. The molecule has 0 bridgehead atoms. The molecule has 0 saturated carbocycles. The number of nitrogens with zero attached hydrogens (tertiary/aromatic N) is 3. The maximum atomic E-state index is 12.6. The predicted molar refractivity (Wildman–Crippen MR) is 128 cm³/mol. The summed E-state index contributed by atoms with van der Waals surface area (Å²) in [6.45, 7) is 1.70. The summed E-state index contributed by atoms with van der Waals surface area (Å²) in [7, 11) is -3.40. The van der Waals surface area contributed by atoms with Crippen molar-refractivity contribution in [3.05, 3.63) is 60.2 Å². The molecule has 1 aromatic heterocycles. The van der Waals surface area contributed by atoms with Crippen molar-refractivity contribution in [2.45, 2.75) is 35.7 Å². The topological polar surface area (TPSA) is 108 Å². The van der Waals surface area contributed by atoms with Gasteiger partial charge in [0.15, 0.2) is 5.82 Å². The molecule has 8 nitrogen and oxygen atoms in total.